The van der Waals surface area contributed by atoms with Gasteiger partial charge in [0.1, 0.15) is 11.9 Å². The van der Waals surface area contributed by atoms with Crippen molar-refractivity contribution in [2.75, 3.05) is 13.7 Å². The van der Waals surface area contributed by atoms with Gasteiger partial charge in [0.25, 0.3) is 0 Å². The van der Waals surface area contributed by atoms with Gasteiger partial charge >= 0.3 is 0 Å². The minimum Gasteiger partial charge on any atom is -0.497 e. The van der Waals surface area contributed by atoms with Gasteiger partial charge in [0.15, 0.2) is 6.29 Å². The molecule has 146 valence electrons. The number of fused-ring (bicyclic) bond motifs is 3. The van der Waals surface area contributed by atoms with Crippen LogP contribution in [-0.4, -0.2) is 32.0 Å². The molecule has 27 heavy (non-hydrogen) atoms. The van der Waals surface area contributed by atoms with Crippen molar-refractivity contribution in [2.24, 2.45) is 11.8 Å². The second kappa shape index (κ2) is 8.03. The number of ether oxygens (including phenoxy) is 3. The van der Waals surface area contributed by atoms with E-state index < -0.39 is 0 Å². The Hall–Kier alpha value is -1.85. The van der Waals surface area contributed by atoms with E-state index in [1.807, 2.05) is 12.1 Å². The van der Waals surface area contributed by atoms with Gasteiger partial charge in [0, 0.05) is 18.4 Å². The third kappa shape index (κ3) is 4.04. The highest BCUT2D eigenvalue weighted by atomic mass is 16.7. The first-order valence-corrected chi connectivity index (χ1v) is 10.1. The van der Waals surface area contributed by atoms with Crippen LogP contribution < -0.4 is 10.1 Å². The van der Waals surface area contributed by atoms with Crippen molar-refractivity contribution in [2.45, 2.75) is 57.0 Å². The van der Waals surface area contributed by atoms with Gasteiger partial charge in [-0.25, -0.2) is 0 Å². The normalized spacial score (nSPS) is 27.4. The third-order valence-corrected chi connectivity index (χ3v) is 5.90. The van der Waals surface area contributed by atoms with Crippen molar-refractivity contribution < 1.29 is 19.0 Å². The quantitative estimate of drug-likeness (QED) is 0.710. The number of allylic oxidation sites excluding steroid dienone is 1. The maximum atomic E-state index is 11.9. The average molecular weight is 371 g/mol. The molecule has 4 atom stereocenters. The van der Waals surface area contributed by atoms with Gasteiger partial charge in [0.2, 0.25) is 5.91 Å². The second-order valence-corrected chi connectivity index (χ2v) is 7.84. The van der Waals surface area contributed by atoms with Crippen LogP contribution in [0.3, 0.4) is 0 Å². The van der Waals surface area contributed by atoms with Crippen LogP contribution in [0.15, 0.2) is 30.9 Å². The minimum absolute atomic E-state index is 0.0396. The summed E-state index contributed by atoms with van der Waals surface area (Å²) in [6.07, 6.45) is 7.39. The van der Waals surface area contributed by atoms with Crippen molar-refractivity contribution in [3.8, 4) is 5.75 Å². The second-order valence-electron chi connectivity index (χ2n) is 7.84. The molecule has 1 saturated carbocycles. The fourth-order valence-electron chi connectivity index (χ4n) is 4.16. The number of nitrogens with one attached hydrogen (secondary N) is 1. The van der Waals surface area contributed by atoms with E-state index in [1.54, 1.807) is 7.11 Å². The van der Waals surface area contributed by atoms with E-state index in [9.17, 15) is 4.79 Å². The lowest BCUT2D eigenvalue weighted by atomic mass is 9.87. The number of methoxy groups -OCH3 is 1. The molecule has 1 saturated heterocycles. The largest absolute Gasteiger partial charge is 0.497 e. The lowest BCUT2D eigenvalue weighted by molar-refractivity contribution is -0.123. The van der Waals surface area contributed by atoms with Gasteiger partial charge in [-0.15, -0.1) is 6.58 Å². The molecule has 1 N–H and O–H groups in total. The van der Waals surface area contributed by atoms with Crippen molar-refractivity contribution in [3.05, 3.63) is 42.0 Å². The summed E-state index contributed by atoms with van der Waals surface area (Å²) in [5.74, 6) is 1.49. The van der Waals surface area contributed by atoms with Gasteiger partial charge < -0.3 is 19.5 Å². The molecule has 4 unspecified atom stereocenters. The summed E-state index contributed by atoms with van der Waals surface area (Å²) >= 11 is 0. The smallest absolute Gasteiger partial charge is 0.223 e. The summed E-state index contributed by atoms with van der Waals surface area (Å²) in [6, 6.07) is 6.22. The Balaban J connectivity index is 1.41. The first kappa shape index (κ1) is 18.5. The Morgan fingerprint density at radius 1 is 1.37 bits per heavy atom. The molecule has 1 aliphatic heterocycles. The minimum atomic E-state index is -0.257. The van der Waals surface area contributed by atoms with Crippen molar-refractivity contribution in [3.63, 3.8) is 0 Å². The summed E-state index contributed by atoms with van der Waals surface area (Å²) in [5.41, 5.74) is 2.51. The molecule has 1 heterocycles. The number of hydrogen-bond acceptors (Lipinski definition) is 4. The number of carbonyl (C=O) groups excluding carboxylic acids is 1. The molecule has 0 radical (unpaired) electrons. The van der Waals surface area contributed by atoms with Gasteiger partial charge in [-0.2, -0.15) is 0 Å². The van der Waals surface area contributed by atoms with Crippen LogP contribution in [0.1, 0.15) is 49.3 Å². The molecular weight excluding hydrogens is 342 g/mol. The van der Waals surface area contributed by atoms with E-state index in [1.165, 1.54) is 11.1 Å². The molecule has 3 aliphatic rings. The maximum absolute atomic E-state index is 11.9. The van der Waals surface area contributed by atoms with E-state index in [0.29, 0.717) is 6.54 Å². The molecule has 5 nitrogen and oxygen atoms in total. The van der Waals surface area contributed by atoms with Crippen LogP contribution >= 0.6 is 0 Å². The first-order chi connectivity index (χ1) is 13.2. The summed E-state index contributed by atoms with van der Waals surface area (Å²) in [4.78, 5) is 11.9. The lowest BCUT2D eigenvalue weighted by Gasteiger charge is -2.25. The molecule has 0 aromatic heterocycles. The topological polar surface area (TPSA) is 56.8 Å². The van der Waals surface area contributed by atoms with Crippen molar-refractivity contribution in [1.82, 2.24) is 5.32 Å². The molecule has 5 heteroatoms. The van der Waals surface area contributed by atoms with Crippen LogP contribution in [0.25, 0.3) is 0 Å². The zero-order valence-corrected chi connectivity index (χ0v) is 16.0. The van der Waals surface area contributed by atoms with E-state index in [4.69, 9.17) is 14.2 Å². The molecule has 0 spiro atoms. The summed E-state index contributed by atoms with van der Waals surface area (Å²) in [7, 11) is 1.69. The van der Waals surface area contributed by atoms with Crippen molar-refractivity contribution >= 4 is 5.91 Å². The van der Waals surface area contributed by atoms with Gasteiger partial charge in [-0.05, 0) is 61.8 Å². The molecule has 2 aliphatic carbocycles. The summed E-state index contributed by atoms with van der Waals surface area (Å²) in [5, 5.41) is 3.05. The molecule has 1 aromatic carbocycles. The Kier molecular flexibility index (Phi) is 5.50. The van der Waals surface area contributed by atoms with E-state index in [2.05, 4.69) is 24.0 Å². The predicted molar refractivity (Wildman–Crippen MR) is 102 cm³/mol. The van der Waals surface area contributed by atoms with Crippen LogP contribution in [0, 0.1) is 11.8 Å². The molecule has 4 rings (SSSR count). The lowest BCUT2D eigenvalue weighted by Crippen LogP contribution is -2.30. The standard InChI is InChI=1S/C22H29NO4/c1-3-4-16(11-12-23-21(24)15-5-6-15)22-26-19-10-8-14-7-9-17(25-2)13-18(14)20(19)27-22/h3,7,9,13,15-16,19-20,22H,1,4-6,8,10-12H2,2H3,(H,23,24). The van der Waals surface area contributed by atoms with E-state index in [-0.39, 0.29) is 36.2 Å². The fourth-order valence-corrected chi connectivity index (χ4v) is 4.16. The number of rotatable bonds is 8. The molecule has 0 bridgehead atoms. The Bertz CT molecular complexity index is 700. The van der Waals surface area contributed by atoms with Gasteiger partial charge in [0.05, 0.1) is 13.2 Å². The number of amides is 1. The van der Waals surface area contributed by atoms with Gasteiger partial charge in [-0.1, -0.05) is 12.1 Å². The Morgan fingerprint density at radius 2 is 2.22 bits per heavy atom. The number of benzene rings is 1. The maximum Gasteiger partial charge on any atom is 0.223 e. The molecule has 1 aromatic rings. The van der Waals surface area contributed by atoms with Crippen LogP contribution in [0.2, 0.25) is 0 Å². The first-order valence-electron chi connectivity index (χ1n) is 10.1. The third-order valence-electron chi connectivity index (χ3n) is 5.90. The highest BCUT2D eigenvalue weighted by Gasteiger charge is 2.43. The SMILES string of the molecule is C=CCC(CCNC(=O)C1CC1)C1OC2CCc3ccc(OC)cc3C2O1. The monoisotopic (exact) mass is 371 g/mol. The van der Waals surface area contributed by atoms with E-state index in [0.717, 1.165) is 44.3 Å². The summed E-state index contributed by atoms with van der Waals surface area (Å²) < 4.78 is 18.1. The number of aryl methyl sites for hydroxylation is 1. The Labute approximate surface area is 161 Å². The fraction of sp³-hybridized carbons (Fsp3) is 0.591. The van der Waals surface area contributed by atoms with Crippen molar-refractivity contribution in [1.29, 1.82) is 0 Å². The average Bonchev–Trinajstić information content (AvgIpc) is 3.45. The molecule has 2 fully saturated rings. The predicted octanol–water partition coefficient (Wildman–Crippen LogP) is 3.53. The zero-order valence-electron chi connectivity index (χ0n) is 16.0. The van der Waals surface area contributed by atoms with Gasteiger partial charge in [-0.3, -0.25) is 4.79 Å². The van der Waals surface area contributed by atoms with Crippen LogP contribution in [-0.2, 0) is 20.7 Å². The number of carbonyl (C=O) groups is 1. The molecule has 1 amide bonds. The zero-order chi connectivity index (χ0) is 18.8. The van der Waals surface area contributed by atoms with E-state index >= 15 is 0 Å². The number of hydrogen-bond donors (Lipinski definition) is 1. The summed E-state index contributed by atoms with van der Waals surface area (Å²) in [6.45, 7) is 4.55. The van der Waals surface area contributed by atoms with Crippen LogP contribution in [0.4, 0.5) is 0 Å². The Morgan fingerprint density at radius 3 is 2.96 bits per heavy atom. The highest BCUT2D eigenvalue weighted by Crippen LogP contribution is 2.44. The highest BCUT2D eigenvalue weighted by molar-refractivity contribution is 5.80. The molecular formula is C22H29NO4. The van der Waals surface area contributed by atoms with Crippen LogP contribution in [0.5, 0.6) is 5.75 Å².